The lowest BCUT2D eigenvalue weighted by Crippen LogP contribution is -2.41. The largest absolute Gasteiger partial charge is 0.395 e. The highest BCUT2D eigenvalue weighted by molar-refractivity contribution is 7.86. The summed E-state index contributed by atoms with van der Waals surface area (Å²) in [6, 6.07) is 4.92. The fourth-order valence-corrected chi connectivity index (χ4v) is 2.87. The Bertz CT molecular complexity index is 535. The first-order chi connectivity index (χ1) is 8.78. The van der Waals surface area contributed by atoms with Gasteiger partial charge in [-0.3, -0.25) is 0 Å². The van der Waals surface area contributed by atoms with E-state index in [4.69, 9.17) is 28.3 Å². The molecule has 0 aliphatic rings. The number of hydrogen-bond acceptors (Lipinski definition) is 3. The highest BCUT2D eigenvalue weighted by Crippen LogP contribution is 2.23. The maximum Gasteiger partial charge on any atom is 0.281 e. The molecule has 108 valence electrons. The van der Waals surface area contributed by atoms with Crippen LogP contribution in [0.5, 0.6) is 0 Å². The zero-order chi connectivity index (χ0) is 14.6. The molecule has 0 aliphatic heterocycles. The summed E-state index contributed by atoms with van der Waals surface area (Å²) in [5, 5.41) is 9.76. The van der Waals surface area contributed by atoms with Gasteiger partial charge in [0.25, 0.3) is 10.2 Å². The van der Waals surface area contributed by atoms with Crippen molar-refractivity contribution in [3.05, 3.63) is 33.8 Å². The minimum Gasteiger partial charge on any atom is -0.395 e. The van der Waals surface area contributed by atoms with E-state index in [2.05, 4.69) is 0 Å². The molecule has 0 aliphatic carbocycles. The van der Waals surface area contributed by atoms with Gasteiger partial charge in [-0.1, -0.05) is 29.3 Å². The Hall–Kier alpha value is -0.370. The van der Waals surface area contributed by atoms with Crippen LogP contribution >= 0.6 is 23.2 Å². The lowest BCUT2D eigenvalue weighted by Gasteiger charge is -2.24. The summed E-state index contributed by atoms with van der Waals surface area (Å²) in [5.41, 5.74) is 0.702. The van der Waals surface area contributed by atoms with Crippen LogP contribution in [-0.2, 0) is 16.8 Å². The first-order valence-corrected chi connectivity index (χ1v) is 7.66. The predicted molar refractivity (Wildman–Crippen MR) is 76.6 cm³/mol. The molecule has 0 fully saturated rings. The molecule has 0 heterocycles. The number of benzene rings is 1. The van der Waals surface area contributed by atoms with Crippen LogP contribution < -0.4 is 0 Å². The van der Waals surface area contributed by atoms with Gasteiger partial charge in [0.15, 0.2) is 0 Å². The molecule has 19 heavy (non-hydrogen) atoms. The van der Waals surface area contributed by atoms with Gasteiger partial charge in [0.2, 0.25) is 0 Å². The fraction of sp³-hybridized carbons (Fsp3) is 0.455. The molecule has 8 heteroatoms. The zero-order valence-corrected chi connectivity index (χ0v) is 13.0. The van der Waals surface area contributed by atoms with Crippen LogP contribution in [0.15, 0.2) is 18.2 Å². The minimum absolute atomic E-state index is 0.0146. The normalized spacial score (nSPS) is 12.4. The number of rotatable bonds is 6. The monoisotopic (exact) mass is 326 g/mol. The maximum atomic E-state index is 12.1. The highest BCUT2D eigenvalue weighted by Gasteiger charge is 2.24. The van der Waals surface area contributed by atoms with Gasteiger partial charge in [0.05, 0.1) is 16.7 Å². The summed E-state index contributed by atoms with van der Waals surface area (Å²) in [5.74, 6) is 0. The zero-order valence-electron chi connectivity index (χ0n) is 10.7. The maximum absolute atomic E-state index is 12.1. The molecule has 0 atom stereocenters. The van der Waals surface area contributed by atoms with Crippen molar-refractivity contribution in [3.8, 4) is 0 Å². The Balaban J connectivity index is 2.99. The van der Waals surface area contributed by atoms with E-state index in [1.807, 2.05) is 0 Å². The molecule has 1 aromatic rings. The van der Waals surface area contributed by atoms with E-state index in [1.165, 1.54) is 18.4 Å². The molecule has 0 saturated carbocycles. The van der Waals surface area contributed by atoms with Crippen molar-refractivity contribution in [3.63, 3.8) is 0 Å². The third kappa shape index (κ3) is 4.30. The van der Waals surface area contributed by atoms with E-state index in [-0.39, 0.29) is 19.7 Å². The number of aliphatic hydroxyl groups excluding tert-OH is 1. The number of nitrogens with zero attached hydrogens (tertiary/aromatic N) is 2. The Labute approximate surface area is 123 Å². The Kier molecular flexibility index (Phi) is 6.04. The van der Waals surface area contributed by atoms with Crippen LogP contribution in [-0.4, -0.2) is 49.4 Å². The van der Waals surface area contributed by atoms with E-state index < -0.39 is 10.2 Å². The van der Waals surface area contributed by atoms with Gasteiger partial charge in [0, 0.05) is 27.2 Å². The highest BCUT2D eigenvalue weighted by atomic mass is 35.5. The average Bonchev–Trinajstić information content (AvgIpc) is 2.33. The first kappa shape index (κ1) is 16.7. The summed E-state index contributed by atoms with van der Waals surface area (Å²) in [7, 11) is -0.714. The third-order valence-electron chi connectivity index (χ3n) is 2.48. The van der Waals surface area contributed by atoms with Crippen molar-refractivity contribution in [2.45, 2.75) is 6.54 Å². The van der Waals surface area contributed by atoms with Crippen LogP contribution in [0.3, 0.4) is 0 Å². The topological polar surface area (TPSA) is 60.9 Å². The van der Waals surface area contributed by atoms with Gasteiger partial charge in [-0.15, -0.1) is 0 Å². The lowest BCUT2D eigenvalue weighted by atomic mass is 10.2. The molecular weight excluding hydrogens is 311 g/mol. The number of aliphatic hydroxyl groups is 1. The standard InChI is InChI=1S/C11H16Cl2N2O3S/c1-14(2)19(17,18)15(5-6-16)8-9-3-4-10(12)11(13)7-9/h3-4,7,16H,5-6,8H2,1-2H3. The van der Waals surface area contributed by atoms with Gasteiger partial charge in [0.1, 0.15) is 0 Å². The quantitative estimate of drug-likeness (QED) is 0.863. The SMILES string of the molecule is CN(C)S(=O)(=O)N(CCO)Cc1ccc(Cl)c(Cl)c1. The third-order valence-corrected chi connectivity index (χ3v) is 5.11. The second-order valence-corrected chi connectivity index (χ2v) is 7.05. The van der Waals surface area contributed by atoms with Gasteiger partial charge in [-0.05, 0) is 17.7 Å². The van der Waals surface area contributed by atoms with Crippen molar-refractivity contribution >= 4 is 33.4 Å². The molecule has 0 radical (unpaired) electrons. The molecule has 1 rings (SSSR count). The Morgan fingerprint density at radius 3 is 2.32 bits per heavy atom. The molecule has 0 bridgehead atoms. The summed E-state index contributed by atoms with van der Waals surface area (Å²) < 4.78 is 26.4. The van der Waals surface area contributed by atoms with Gasteiger partial charge in [-0.2, -0.15) is 17.0 Å². The average molecular weight is 327 g/mol. The van der Waals surface area contributed by atoms with Gasteiger partial charge in [-0.25, -0.2) is 0 Å². The smallest absolute Gasteiger partial charge is 0.281 e. The molecule has 1 N–H and O–H groups in total. The predicted octanol–water partition coefficient (Wildman–Crippen LogP) is 1.59. The van der Waals surface area contributed by atoms with E-state index in [0.29, 0.717) is 15.6 Å². The van der Waals surface area contributed by atoms with Crippen molar-refractivity contribution in [1.82, 2.24) is 8.61 Å². The molecule has 0 amide bonds. The summed E-state index contributed by atoms with van der Waals surface area (Å²) in [4.78, 5) is 0. The Morgan fingerprint density at radius 2 is 1.84 bits per heavy atom. The van der Waals surface area contributed by atoms with Crippen molar-refractivity contribution in [2.75, 3.05) is 27.2 Å². The van der Waals surface area contributed by atoms with E-state index in [0.717, 1.165) is 4.31 Å². The number of halogens is 2. The van der Waals surface area contributed by atoms with Crippen molar-refractivity contribution in [2.24, 2.45) is 0 Å². The van der Waals surface area contributed by atoms with Crippen LogP contribution in [0.25, 0.3) is 0 Å². The first-order valence-electron chi connectivity index (χ1n) is 5.51. The van der Waals surface area contributed by atoms with Crippen molar-refractivity contribution in [1.29, 1.82) is 0 Å². The van der Waals surface area contributed by atoms with Crippen LogP contribution in [0.2, 0.25) is 10.0 Å². The summed E-state index contributed by atoms with van der Waals surface area (Å²) in [6.07, 6.45) is 0. The fourth-order valence-electron chi connectivity index (χ4n) is 1.46. The molecule has 0 saturated heterocycles. The van der Waals surface area contributed by atoms with E-state index in [1.54, 1.807) is 18.2 Å². The molecule has 5 nitrogen and oxygen atoms in total. The number of hydrogen-bond donors (Lipinski definition) is 1. The minimum atomic E-state index is -3.59. The summed E-state index contributed by atoms with van der Waals surface area (Å²) >= 11 is 11.7. The van der Waals surface area contributed by atoms with Crippen LogP contribution in [0.1, 0.15) is 5.56 Å². The van der Waals surface area contributed by atoms with E-state index in [9.17, 15) is 8.42 Å². The summed E-state index contributed by atoms with van der Waals surface area (Å²) in [6.45, 7) is -0.118. The molecule has 0 unspecified atom stereocenters. The molecule has 1 aromatic carbocycles. The van der Waals surface area contributed by atoms with Crippen LogP contribution in [0, 0.1) is 0 Å². The molecular formula is C11H16Cl2N2O3S. The molecule has 0 aromatic heterocycles. The van der Waals surface area contributed by atoms with E-state index >= 15 is 0 Å². The van der Waals surface area contributed by atoms with Gasteiger partial charge >= 0.3 is 0 Å². The second-order valence-electron chi connectivity index (χ2n) is 4.10. The van der Waals surface area contributed by atoms with Crippen LogP contribution in [0.4, 0.5) is 0 Å². The molecule has 0 spiro atoms. The Morgan fingerprint density at radius 1 is 1.21 bits per heavy atom. The lowest BCUT2D eigenvalue weighted by molar-refractivity contribution is 0.245. The second kappa shape index (κ2) is 6.88. The van der Waals surface area contributed by atoms with Gasteiger partial charge < -0.3 is 5.11 Å². The van der Waals surface area contributed by atoms with Crippen molar-refractivity contribution < 1.29 is 13.5 Å².